The van der Waals surface area contributed by atoms with E-state index < -0.39 is 30.3 Å². The lowest BCUT2D eigenvalue weighted by Gasteiger charge is -2.12. The van der Waals surface area contributed by atoms with Crippen molar-refractivity contribution < 1.29 is 34.2 Å². The van der Waals surface area contributed by atoms with E-state index in [1.54, 1.807) is 0 Å². The molecule has 188 valence electrons. The Morgan fingerprint density at radius 3 is 1.76 bits per heavy atom. The van der Waals surface area contributed by atoms with Crippen LogP contribution in [0, 0.1) is 0 Å². The highest BCUT2D eigenvalue weighted by Crippen LogP contribution is 2.04. The van der Waals surface area contributed by atoms with Crippen LogP contribution in [0.1, 0.15) is 63.4 Å². The Balaban J connectivity index is 1.99. The number of amides is 3. The Kier molecular flexibility index (Phi) is 14.4. The number of hydrogen-bond acceptors (Lipinski definition) is 5. The molecule has 5 N–H and O–H groups in total. The number of unbranched alkanes of at least 4 members (excludes halogenated alkanes) is 2. The van der Waals surface area contributed by atoms with E-state index in [9.17, 15) is 24.0 Å². The molecule has 0 aliphatic carbocycles. The second-order valence-corrected chi connectivity index (χ2v) is 8.01. The van der Waals surface area contributed by atoms with Gasteiger partial charge in [-0.2, -0.15) is 0 Å². The van der Waals surface area contributed by atoms with Crippen molar-refractivity contribution in [2.75, 3.05) is 13.1 Å². The Labute approximate surface area is 199 Å². The van der Waals surface area contributed by atoms with E-state index in [-0.39, 0.29) is 18.2 Å². The number of aliphatic carboxylic acids is 2. The molecule has 1 aromatic carbocycles. The molecule has 0 aliphatic rings. The van der Waals surface area contributed by atoms with Gasteiger partial charge in [-0.1, -0.05) is 30.3 Å². The number of hydrogen-bond donors (Lipinski definition) is 5. The monoisotopic (exact) mass is 477 g/mol. The average Bonchev–Trinajstić information content (AvgIpc) is 2.78. The summed E-state index contributed by atoms with van der Waals surface area (Å²) in [6.45, 7) is 0.924. The number of carbonyl (C=O) groups excluding carboxylic acids is 3. The summed E-state index contributed by atoms with van der Waals surface area (Å²) in [5, 5.41) is 25.4. The number of benzene rings is 1. The van der Waals surface area contributed by atoms with Crippen molar-refractivity contribution in [2.24, 2.45) is 0 Å². The van der Waals surface area contributed by atoms with Crippen molar-refractivity contribution in [3.8, 4) is 0 Å². The van der Waals surface area contributed by atoms with Crippen LogP contribution in [0.2, 0.25) is 0 Å². The van der Waals surface area contributed by atoms with Crippen molar-refractivity contribution in [1.29, 1.82) is 0 Å². The van der Waals surface area contributed by atoms with E-state index in [1.165, 1.54) is 5.56 Å². The Morgan fingerprint density at radius 1 is 0.706 bits per heavy atom. The second kappa shape index (κ2) is 17.1. The molecule has 0 aliphatic heterocycles. The summed E-state index contributed by atoms with van der Waals surface area (Å²) in [6.07, 6.45) is 4.17. The summed E-state index contributed by atoms with van der Waals surface area (Å²) in [4.78, 5) is 56.9. The minimum atomic E-state index is -1.45. The van der Waals surface area contributed by atoms with E-state index in [4.69, 9.17) is 10.2 Å². The first-order valence-electron chi connectivity index (χ1n) is 11.6. The molecule has 0 spiro atoms. The predicted octanol–water partition coefficient (Wildman–Crippen LogP) is 1.63. The zero-order valence-corrected chi connectivity index (χ0v) is 19.4. The molecule has 3 amide bonds. The summed E-state index contributed by atoms with van der Waals surface area (Å²) in [5.41, 5.74) is 1.21. The molecule has 10 heteroatoms. The molecule has 1 unspecified atom stereocenters. The summed E-state index contributed by atoms with van der Waals surface area (Å²) in [7, 11) is 0. The van der Waals surface area contributed by atoms with E-state index in [1.807, 2.05) is 30.3 Å². The lowest BCUT2D eigenvalue weighted by molar-refractivity contribution is -0.147. The number of nitrogens with one attached hydrogen (secondary N) is 3. The van der Waals surface area contributed by atoms with Gasteiger partial charge in [0, 0.05) is 32.4 Å². The molecular weight excluding hydrogens is 442 g/mol. The number of carboxylic acids is 2. The summed E-state index contributed by atoms with van der Waals surface area (Å²) < 4.78 is 0. The largest absolute Gasteiger partial charge is 0.481 e. The first kappa shape index (κ1) is 28.6. The fourth-order valence-electron chi connectivity index (χ4n) is 3.19. The molecule has 0 saturated carbocycles. The molecule has 34 heavy (non-hydrogen) atoms. The smallest absolute Gasteiger partial charge is 0.326 e. The van der Waals surface area contributed by atoms with Crippen LogP contribution >= 0.6 is 0 Å². The van der Waals surface area contributed by atoms with Crippen molar-refractivity contribution >= 4 is 29.7 Å². The van der Waals surface area contributed by atoms with Gasteiger partial charge in [0.15, 0.2) is 0 Å². The van der Waals surface area contributed by atoms with Crippen LogP contribution in [0.15, 0.2) is 30.3 Å². The van der Waals surface area contributed by atoms with Crippen LogP contribution < -0.4 is 16.0 Å². The minimum Gasteiger partial charge on any atom is -0.481 e. The molecule has 1 atom stereocenters. The fraction of sp³-hybridized carbons (Fsp3) is 0.542. The number of carboxylic acid groups (broad SMARTS) is 2. The highest BCUT2D eigenvalue weighted by molar-refractivity contribution is 5.86. The molecule has 0 heterocycles. The maximum Gasteiger partial charge on any atom is 0.326 e. The third kappa shape index (κ3) is 14.6. The van der Waals surface area contributed by atoms with Crippen molar-refractivity contribution in [3.05, 3.63) is 35.9 Å². The zero-order chi connectivity index (χ0) is 25.2. The average molecular weight is 478 g/mol. The van der Waals surface area contributed by atoms with Gasteiger partial charge in [0.05, 0.1) is 6.42 Å². The summed E-state index contributed by atoms with van der Waals surface area (Å²) in [5.74, 6) is -3.34. The van der Waals surface area contributed by atoms with Gasteiger partial charge in [-0.05, 0) is 44.1 Å². The van der Waals surface area contributed by atoms with Gasteiger partial charge in [-0.15, -0.1) is 0 Å². The first-order valence-corrected chi connectivity index (χ1v) is 11.6. The molecule has 0 radical (unpaired) electrons. The SMILES string of the molecule is O=C(O)CC(NC(=O)CCCCNC(=O)CCCCNC(=O)CCCc1ccccc1)C(=O)O. The van der Waals surface area contributed by atoms with Gasteiger partial charge in [-0.3, -0.25) is 19.2 Å². The molecule has 0 bridgehead atoms. The van der Waals surface area contributed by atoms with Crippen LogP contribution in [0.3, 0.4) is 0 Å². The molecule has 1 rings (SSSR count). The van der Waals surface area contributed by atoms with Crippen LogP contribution in [-0.2, 0) is 30.4 Å². The minimum absolute atomic E-state index is 0.0158. The van der Waals surface area contributed by atoms with Crippen LogP contribution in [0.5, 0.6) is 0 Å². The van der Waals surface area contributed by atoms with E-state index in [0.717, 1.165) is 12.8 Å². The first-order chi connectivity index (χ1) is 16.3. The van der Waals surface area contributed by atoms with Crippen molar-refractivity contribution in [1.82, 2.24) is 16.0 Å². The third-order valence-electron chi connectivity index (χ3n) is 5.03. The Morgan fingerprint density at radius 2 is 1.24 bits per heavy atom. The van der Waals surface area contributed by atoms with E-state index in [2.05, 4.69) is 16.0 Å². The molecule has 10 nitrogen and oxygen atoms in total. The number of carbonyl (C=O) groups is 5. The third-order valence-corrected chi connectivity index (χ3v) is 5.03. The summed E-state index contributed by atoms with van der Waals surface area (Å²) in [6, 6.07) is 8.56. The quantitative estimate of drug-likeness (QED) is 0.201. The fourth-order valence-corrected chi connectivity index (χ4v) is 3.19. The highest BCUT2D eigenvalue weighted by Gasteiger charge is 2.22. The van der Waals surface area contributed by atoms with Gasteiger partial charge < -0.3 is 26.2 Å². The second-order valence-electron chi connectivity index (χ2n) is 8.01. The Bertz CT molecular complexity index is 799. The zero-order valence-electron chi connectivity index (χ0n) is 19.4. The van der Waals surface area contributed by atoms with Gasteiger partial charge in [0.25, 0.3) is 0 Å². The van der Waals surface area contributed by atoms with Gasteiger partial charge in [0.2, 0.25) is 17.7 Å². The lowest BCUT2D eigenvalue weighted by atomic mass is 10.1. The van der Waals surface area contributed by atoms with Crippen LogP contribution in [-0.4, -0.2) is 59.0 Å². The van der Waals surface area contributed by atoms with Crippen LogP contribution in [0.25, 0.3) is 0 Å². The molecule has 0 aromatic heterocycles. The van der Waals surface area contributed by atoms with E-state index >= 15 is 0 Å². The van der Waals surface area contributed by atoms with Crippen molar-refractivity contribution in [3.63, 3.8) is 0 Å². The van der Waals surface area contributed by atoms with Crippen molar-refractivity contribution in [2.45, 2.75) is 70.3 Å². The molecule has 0 fully saturated rings. The standard InChI is InChI=1S/C24H35N3O7/c28-20(25-16-7-5-13-22(30)27-19(24(33)34)17-23(31)32)12-4-6-15-26-21(29)14-8-11-18-9-2-1-3-10-18/h1-3,9-10,19H,4-8,11-17H2,(H,25,28)(H,26,29)(H,27,30)(H,31,32)(H,33,34). The highest BCUT2D eigenvalue weighted by atomic mass is 16.4. The topological polar surface area (TPSA) is 162 Å². The molecule has 1 aromatic rings. The van der Waals surface area contributed by atoms with Crippen LogP contribution in [0.4, 0.5) is 0 Å². The summed E-state index contributed by atoms with van der Waals surface area (Å²) >= 11 is 0. The maximum absolute atomic E-state index is 11.8. The normalized spacial score (nSPS) is 11.3. The maximum atomic E-state index is 11.8. The number of aryl methyl sites for hydroxylation is 1. The van der Waals surface area contributed by atoms with Gasteiger partial charge in [-0.25, -0.2) is 4.79 Å². The van der Waals surface area contributed by atoms with Gasteiger partial charge in [0.1, 0.15) is 6.04 Å². The lowest BCUT2D eigenvalue weighted by Crippen LogP contribution is -2.42. The van der Waals surface area contributed by atoms with Gasteiger partial charge >= 0.3 is 11.9 Å². The molecular formula is C24H35N3O7. The Hall–Kier alpha value is -3.43. The predicted molar refractivity (Wildman–Crippen MR) is 125 cm³/mol. The molecule has 0 saturated heterocycles. The van der Waals surface area contributed by atoms with E-state index in [0.29, 0.717) is 51.6 Å². The number of rotatable bonds is 18.